The molecular formula is C10H12FNO. The fraction of sp³-hybridized carbons (Fsp3) is 0.400. The topological polar surface area (TPSA) is 32.3 Å². The molecule has 0 aliphatic carbocycles. The van der Waals surface area contributed by atoms with Gasteiger partial charge in [0, 0.05) is 19.0 Å². The van der Waals surface area contributed by atoms with E-state index >= 15 is 0 Å². The molecule has 1 aliphatic rings. The lowest BCUT2D eigenvalue weighted by Gasteiger charge is -2.31. The molecule has 2 rings (SSSR count). The summed E-state index contributed by atoms with van der Waals surface area (Å²) in [5.41, 5.74) is 0.799. The van der Waals surface area contributed by atoms with Gasteiger partial charge in [-0.1, -0.05) is 12.1 Å². The highest BCUT2D eigenvalue weighted by molar-refractivity contribution is 5.19. The van der Waals surface area contributed by atoms with Crippen LogP contribution in [0.15, 0.2) is 24.3 Å². The molecule has 2 nitrogen and oxygen atoms in total. The van der Waals surface area contributed by atoms with Crippen molar-refractivity contribution in [1.82, 2.24) is 5.32 Å². The molecule has 0 radical (unpaired) electrons. The van der Waals surface area contributed by atoms with Crippen molar-refractivity contribution < 1.29 is 9.50 Å². The van der Waals surface area contributed by atoms with Crippen molar-refractivity contribution in [3.8, 4) is 0 Å². The molecule has 1 aromatic carbocycles. The zero-order valence-corrected chi connectivity index (χ0v) is 7.20. The summed E-state index contributed by atoms with van der Waals surface area (Å²) in [6.45, 7) is 1.69. The third-order valence-corrected chi connectivity index (χ3v) is 2.47. The maximum absolute atomic E-state index is 12.6. The van der Waals surface area contributed by atoms with E-state index in [2.05, 4.69) is 5.32 Å². The first-order valence-corrected chi connectivity index (χ1v) is 4.41. The molecule has 1 aliphatic heterocycles. The summed E-state index contributed by atoms with van der Waals surface area (Å²) in [4.78, 5) is 0. The molecule has 1 unspecified atom stereocenters. The summed E-state index contributed by atoms with van der Waals surface area (Å²) in [6.07, 6.45) is -0.457. The van der Waals surface area contributed by atoms with Crippen LogP contribution in [0, 0.1) is 11.7 Å². The molecule has 1 aromatic rings. The van der Waals surface area contributed by atoms with Gasteiger partial charge in [0.2, 0.25) is 0 Å². The lowest BCUT2D eigenvalue weighted by atomic mass is 9.91. The predicted octanol–water partition coefficient (Wildman–Crippen LogP) is 1.08. The number of aliphatic hydroxyl groups is 1. The van der Waals surface area contributed by atoms with E-state index in [9.17, 15) is 9.50 Å². The minimum absolute atomic E-state index is 0.261. The Hall–Kier alpha value is -0.930. The molecule has 2 N–H and O–H groups in total. The van der Waals surface area contributed by atoms with E-state index in [4.69, 9.17) is 0 Å². The Balaban J connectivity index is 2.10. The van der Waals surface area contributed by atoms with E-state index in [1.807, 2.05) is 0 Å². The zero-order valence-electron chi connectivity index (χ0n) is 7.20. The van der Waals surface area contributed by atoms with Crippen LogP contribution in [0.25, 0.3) is 0 Å². The summed E-state index contributed by atoms with van der Waals surface area (Å²) in [5.74, 6) is 0.0214. The van der Waals surface area contributed by atoms with Crippen LogP contribution in [0.2, 0.25) is 0 Å². The fourth-order valence-electron chi connectivity index (χ4n) is 1.47. The van der Waals surface area contributed by atoms with E-state index in [0.29, 0.717) is 0 Å². The van der Waals surface area contributed by atoms with Gasteiger partial charge in [0.1, 0.15) is 5.82 Å². The molecule has 0 aromatic heterocycles. The first-order valence-electron chi connectivity index (χ1n) is 4.41. The van der Waals surface area contributed by atoms with E-state index in [1.165, 1.54) is 12.1 Å². The SMILES string of the molecule is OC(c1ccc(F)cc1)C1CNC1. The second-order valence-corrected chi connectivity index (χ2v) is 3.41. The first-order chi connectivity index (χ1) is 6.27. The van der Waals surface area contributed by atoms with Gasteiger partial charge < -0.3 is 10.4 Å². The van der Waals surface area contributed by atoms with Gasteiger partial charge in [-0.05, 0) is 17.7 Å². The Morgan fingerprint density at radius 3 is 2.38 bits per heavy atom. The number of nitrogens with one attached hydrogen (secondary N) is 1. The molecule has 0 bridgehead atoms. The standard InChI is InChI=1S/C10H12FNO/c11-9-3-1-7(2-4-9)10(13)8-5-12-6-8/h1-4,8,10,12-13H,5-6H2. The quantitative estimate of drug-likeness (QED) is 0.715. The van der Waals surface area contributed by atoms with E-state index in [-0.39, 0.29) is 11.7 Å². The summed E-state index contributed by atoms with van der Waals surface area (Å²) >= 11 is 0. The largest absolute Gasteiger partial charge is 0.388 e. The number of halogens is 1. The van der Waals surface area contributed by atoms with Crippen molar-refractivity contribution in [1.29, 1.82) is 0 Å². The molecule has 1 fully saturated rings. The van der Waals surface area contributed by atoms with Crippen LogP contribution in [0.1, 0.15) is 11.7 Å². The average molecular weight is 181 g/mol. The molecule has 70 valence electrons. The van der Waals surface area contributed by atoms with Gasteiger partial charge >= 0.3 is 0 Å². The molecule has 0 spiro atoms. The van der Waals surface area contributed by atoms with E-state index < -0.39 is 6.10 Å². The van der Waals surface area contributed by atoms with Crippen molar-refractivity contribution in [2.45, 2.75) is 6.10 Å². The van der Waals surface area contributed by atoms with Gasteiger partial charge in [0.05, 0.1) is 6.10 Å². The molecule has 13 heavy (non-hydrogen) atoms. The van der Waals surface area contributed by atoms with Gasteiger partial charge in [-0.2, -0.15) is 0 Å². The third-order valence-electron chi connectivity index (χ3n) is 2.47. The molecule has 1 saturated heterocycles. The van der Waals surface area contributed by atoms with Crippen LogP contribution in [0.3, 0.4) is 0 Å². The number of rotatable bonds is 2. The van der Waals surface area contributed by atoms with Crippen LogP contribution in [0.5, 0.6) is 0 Å². The second-order valence-electron chi connectivity index (χ2n) is 3.41. The minimum atomic E-state index is -0.457. The van der Waals surface area contributed by atoms with Crippen molar-refractivity contribution in [3.63, 3.8) is 0 Å². The molecule has 1 atom stereocenters. The second kappa shape index (κ2) is 3.44. The molecular weight excluding hydrogens is 169 g/mol. The number of hydrogen-bond acceptors (Lipinski definition) is 2. The third kappa shape index (κ3) is 1.71. The Kier molecular flexibility index (Phi) is 2.29. The normalized spacial score (nSPS) is 19.5. The summed E-state index contributed by atoms with van der Waals surface area (Å²) in [6, 6.07) is 6.03. The summed E-state index contributed by atoms with van der Waals surface area (Å²) in [7, 11) is 0. The Morgan fingerprint density at radius 2 is 1.92 bits per heavy atom. The number of aliphatic hydroxyl groups excluding tert-OH is 1. The zero-order chi connectivity index (χ0) is 9.26. The maximum atomic E-state index is 12.6. The summed E-state index contributed by atoms with van der Waals surface area (Å²) in [5, 5.41) is 12.9. The number of benzene rings is 1. The van der Waals surface area contributed by atoms with Crippen LogP contribution in [0.4, 0.5) is 4.39 Å². The van der Waals surface area contributed by atoms with Crippen LogP contribution in [-0.4, -0.2) is 18.2 Å². The maximum Gasteiger partial charge on any atom is 0.123 e. The molecule has 0 saturated carbocycles. The molecule has 3 heteroatoms. The monoisotopic (exact) mass is 181 g/mol. The summed E-state index contributed by atoms with van der Waals surface area (Å²) < 4.78 is 12.6. The highest BCUT2D eigenvalue weighted by Crippen LogP contribution is 2.24. The van der Waals surface area contributed by atoms with Gasteiger partial charge in [0.25, 0.3) is 0 Å². The smallest absolute Gasteiger partial charge is 0.123 e. The fourth-order valence-corrected chi connectivity index (χ4v) is 1.47. The van der Waals surface area contributed by atoms with Crippen molar-refractivity contribution >= 4 is 0 Å². The van der Waals surface area contributed by atoms with Gasteiger partial charge in [0.15, 0.2) is 0 Å². The molecule has 0 amide bonds. The van der Waals surface area contributed by atoms with Crippen molar-refractivity contribution in [3.05, 3.63) is 35.6 Å². The lowest BCUT2D eigenvalue weighted by Crippen LogP contribution is -2.45. The van der Waals surface area contributed by atoms with Crippen molar-refractivity contribution in [2.24, 2.45) is 5.92 Å². The van der Waals surface area contributed by atoms with E-state index in [0.717, 1.165) is 18.7 Å². The van der Waals surface area contributed by atoms with Crippen LogP contribution < -0.4 is 5.32 Å². The highest BCUT2D eigenvalue weighted by atomic mass is 19.1. The van der Waals surface area contributed by atoms with Gasteiger partial charge in [-0.15, -0.1) is 0 Å². The van der Waals surface area contributed by atoms with Gasteiger partial charge in [-0.25, -0.2) is 4.39 Å². The van der Waals surface area contributed by atoms with Gasteiger partial charge in [-0.3, -0.25) is 0 Å². The Bertz CT molecular complexity index is 281. The lowest BCUT2D eigenvalue weighted by molar-refractivity contribution is 0.0767. The predicted molar refractivity (Wildman–Crippen MR) is 47.7 cm³/mol. The van der Waals surface area contributed by atoms with Crippen LogP contribution >= 0.6 is 0 Å². The Morgan fingerprint density at radius 1 is 1.31 bits per heavy atom. The minimum Gasteiger partial charge on any atom is -0.388 e. The Labute approximate surface area is 76.4 Å². The molecule has 1 heterocycles. The van der Waals surface area contributed by atoms with Crippen LogP contribution in [-0.2, 0) is 0 Å². The first kappa shape index (κ1) is 8.66. The number of hydrogen-bond donors (Lipinski definition) is 2. The van der Waals surface area contributed by atoms with Crippen molar-refractivity contribution in [2.75, 3.05) is 13.1 Å². The average Bonchev–Trinajstić information content (AvgIpc) is 2.02. The highest BCUT2D eigenvalue weighted by Gasteiger charge is 2.26. The van der Waals surface area contributed by atoms with E-state index in [1.54, 1.807) is 12.1 Å².